The van der Waals surface area contributed by atoms with Crippen molar-refractivity contribution in [2.45, 2.75) is 29.8 Å². The Morgan fingerprint density at radius 2 is 1.67 bits per heavy atom. The van der Waals surface area contributed by atoms with Crippen molar-refractivity contribution in [2.24, 2.45) is 0 Å². The first-order chi connectivity index (χ1) is 4.45. The number of hydrogen-bond acceptors (Lipinski definition) is 2. The van der Waals surface area contributed by atoms with Crippen LogP contribution in [-0.4, -0.2) is 23.7 Å². The second-order valence-corrected chi connectivity index (χ2v) is 4.41. The lowest BCUT2D eigenvalue weighted by molar-refractivity contribution is 0.115. The molecular formula is C7H12OS. The summed E-state index contributed by atoms with van der Waals surface area (Å²) in [6, 6.07) is 0. The Labute approximate surface area is 60.2 Å². The summed E-state index contributed by atoms with van der Waals surface area (Å²) in [5, 5.41) is 1.91. The molecule has 9 heavy (non-hydrogen) atoms. The Morgan fingerprint density at radius 3 is 2.22 bits per heavy atom. The molecule has 2 bridgehead atoms. The number of hydrogen-bond donors (Lipinski definition) is 0. The third-order valence-electron chi connectivity index (χ3n) is 2.08. The number of rotatable bonds is 0. The van der Waals surface area contributed by atoms with E-state index in [9.17, 15) is 0 Å². The van der Waals surface area contributed by atoms with Crippen LogP contribution in [0.2, 0.25) is 0 Å². The van der Waals surface area contributed by atoms with Gasteiger partial charge in [-0.25, -0.2) is 0 Å². The summed E-state index contributed by atoms with van der Waals surface area (Å²) >= 11 is 2.17. The number of ether oxygens (including phenoxy) is 1. The largest absolute Gasteiger partial charge is 0.381 e. The zero-order chi connectivity index (χ0) is 6.10. The molecule has 52 valence electrons. The minimum atomic E-state index is 0.954. The Morgan fingerprint density at radius 1 is 1.11 bits per heavy atom. The molecule has 2 heteroatoms. The number of fused-ring (bicyclic) bond motifs is 4. The van der Waals surface area contributed by atoms with E-state index in [1.807, 2.05) is 0 Å². The fraction of sp³-hybridized carbons (Fsp3) is 1.00. The molecule has 0 aromatic heterocycles. The molecule has 0 saturated carbocycles. The van der Waals surface area contributed by atoms with Crippen LogP contribution in [0.4, 0.5) is 0 Å². The van der Waals surface area contributed by atoms with E-state index in [4.69, 9.17) is 4.74 Å². The lowest BCUT2D eigenvalue weighted by Crippen LogP contribution is -2.31. The summed E-state index contributed by atoms with van der Waals surface area (Å²) in [7, 11) is 0. The third kappa shape index (κ3) is 1.24. The molecule has 3 aliphatic rings. The third-order valence-corrected chi connectivity index (χ3v) is 3.71. The highest BCUT2D eigenvalue weighted by atomic mass is 32.2. The highest BCUT2D eigenvalue weighted by Gasteiger charge is 2.30. The first kappa shape index (κ1) is 6.05. The summed E-state index contributed by atoms with van der Waals surface area (Å²) < 4.78 is 5.36. The van der Waals surface area contributed by atoms with Crippen LogP contribution in [0.15, 0.2) is 0 Å². The van der Waals surface area contributed by atoms with Crippen LogP contribution in [0, 0.1) is 0 Å². The van der Waals surface area contributed by atoms with Crippen LogP contribution in [0.5, 0.6) is 0 Å². The molecule has 0 aliphatic carbocycles. The maximum Gasteiger partial charge on any atom is 0.0476 e. The molecule has 3 heterocycles. The molecule has 0 amide bonds. The summed E-state index contributed by atoms with van der Waals surface area (Å²) in [5.41, 5.74) is 0. The lowest BCUT2D eigenvalue weighted by atomic mass is 10.1. The van der Waals surface area contributed by atoms with Crippen molar-refractivity contribution < 1.29 is 4.74 Å². The molecule has 0 radical (unpaired) electrons. The molecule has 0 aromatic carbocycles. The second-order valence-electron chi connectivity index (χ2n) is 2.81. The van der Waals surface area contributed by atoms with Crippen LogP contribution in [0.1, 0.15) is 19.3 Å². The first-order valence-electron chi connectivity index (χ1n) is 3.68. The summed E-state index contributed by atoms with van der Waals surface area (Å²) in [6.45, 7) is 2.01. The van der Waals surface area contributed by atoms with Gasteiger partial charge in [0.05, 0.1) is 0 Å². The summed E-state index contributed by atoms with van der Waals surface area (Å²) in [5.74, 6) is 0. The quantitative estimate of drug-likeness (QED) is 0.511. The first-order valence-corrected chi connectivity index (χ1v) is 4.62. The van der Waals surface area contributed by atoms with Gasteiger partial charge >= 0.3 is 0 Å². The van der Waals surface area contributed by atoms with Gasteiger partial charge < -0.3 is 4.74 Å². The molecule has 0 N–H and O–H groups in total. The fourth-order valence-corrected chi connectivity index (χ4v) is 2.80. The minimum absolute atomic E-state index is 0.954. The zero-order valence-corrected chi connectivity index (χ0v) is 6.32. The van der Waals surface area contributed by atoms with E-state index in [0.29, 0.717) is 0 Å². The molecule has 2 unspecified atom stereocenters. The molecule has 0 aromatic rings. The van der Waals surface area contributed by atoms with E-state index in [-0.39, 0.29) is 0 Å². The van der Waals surface area contributed by atoms with Crippen molar-refractivity contribution >= 4 is 11.8 Å². The summed E-state index contributed by atoms with van der Waals surface area (Å²) in [6.07, 6.45) is 4.05. The minimum Gasteiger partial charge on any atom is -0.381 e. The molecule has 3 fully saturated rings. The van der Waals surface area contributed by atoms with Crippen LogP contribution in [0.25, 0.3) is 0 Å². The average Bonchev–Trinajstić information content (AvgIpc) is 1.54. The van der Waals surface area contributed by atoms with Crippen LogP contribution in [0.3, 0.4) is 0 Å². The van der Waals surface area contributed by atoms with E-state index in [0.717, 1.165) is 23.7 Å². The van der Waals surface area contributed by atoms with Gasteiger partial charge in [-0.1, -0.05) is 0 Å². The van der Waals surface area contributed by atoms with Gasteiger partial charge in [0.1, 0.15) is 0 Å². The van der Waals surface area contributed by atoms with E-state index >= 15 is 0 Å². The molecular weight excluding hydrogens is 132 g/mol. The van der Waals surface area contributed by atoms with E-state index in [1.165, 1.54) is 19.3 Å². The van der Waals surface area contributed by atoms with E-state index in [1.54, 1.807) is 0 Å². The van der Waals surface area contributed by atoms with Gasteiger partial charge in [0.15, 0.2) is 0 Å². The van der Waals surface area contributed by atoms with Gasteiger partial charge in [-0.2, -0.15) is 11.8 Å². The molecule has 3 rings (SSSR count). The predicted molar refractivity (Wildman–Crippen MR) is 39.8 cm³/mol. The standard InChI is InChI=1S/C7H12OS/c1-3-8-4-2-7-5-6(1)9-7/h6-7H,1-5H2. The fourth-order valence-electron chi connectivity index (χ4n) is 1.46. The van der Waals surface area contributed by atoms with Crippen LogP contribution >= 0.6 is 11.8 Å². The Hall–Kier alpha value is 0.310. The molecule has 3 aliphatic heterocycles. The smallest absolute Gasteiger partial charge is 0.0476 e. The SMILES string of the molecule is C1CC2CC(CCO1)S2. The molecule has 2 atom stereocenters. The van der Waals surface area contributed by atoms with Crippen molar-refractivity contribution in [3.8, 4) is 0 Å². The van der Waals surface area contributed by atoms with Crippen molar-refractivity contribution in [3.05, 3.63) is 0 Å². The normalized spacial score (nSPS) is 42.7. The van der Waals surface area contributed by atoms with E-state index in [2.05, 4.69) is 11.8 Å². The Bertz CT molecular complexity index is 83.6. The molecule has 3 saturated heterocycles. The monoisotopic (exact) mass is 144 g/mol. The zero-order valence-electron chi connectivity index (χ0n) is 5.51. The van der Waals surface area contributed by atoms with Gasteiger partial charge in [-0.05, 0) is 19.3 Å². The van der Waals surface area contributed by atoms with Gasteiger partial charge in [-0.15, -0.1) is 0 Å². The van der Waals surface area contributed by atoms with Gasteiger partial charge in [0, 0.05) is 23.7 Å². The van der Waals surface area contributed by atoms with Crippen molar-refractivity contribution in [2.75, 3.05) is 13.2 Å². The Kier molecular flexibility index (Phi) is 1.68. The predicted octanol–water partition coefficient (Wildman–Crippen LogP) is 1.67. The van der Waals surface area contributed by atoms with Crippen molar-refractivity contribution in [3.63, 3.8) is 0 Å². The summed E-state index contributed by atoms with van der Waals surface area (Å²) in [4.78, 5) is 0. The lowest BCUT2D eigenvalue weighted by Gasteiger charge is -2.36. The average molecular weight is 144 g/mol. The highest BCUT2D eigenvalue weighted by molar-refractivity contribution is 8.01. The van der Waals surface area contributed by atoms with Crippen LogP contribution < -0.4 is 0 Å². The van der Waals surface area contributed by atoms with E-state index < -0.39 is 0 Å². The van der Waals surface area contributed by atoms with Gasteiger partial charge in [0.25, 0.3) is 0 Å². The van der Waals surface area contributed by atoms with Gasteiger partial charge in [0.2, 0.25) is 0 Å². The second kappa shape index (κ2) is 2.51. The maximum absolute atomic E-state index is 5.36. The van der Waals surface area contributed by atoms with Crippen molar-refractivity contribution in [1.29, 1.82) is 0 Å². The molecule has 1 nitrogen and oxygen atoms in total. The molecule has 0 spiro atoms. The van der Waals surface area contributed by atoms with Gasteiger partial charge in [-0.3, -0.25) is 0 Å². The topological polar surface area (TPSA) is 9.23 Å². The van der Waals surface area contributed by atoms with Crippen molar-refractivity contribution in [1.82, 2.24) is 0 Å². The Balaban J connectivity index is 1.85. The maximum atomic E-state index is 5.36. The van der Waals surface area contributed by atoms with Crippen LogP contribution in [-0.2, 0) is 4.74 Å². The number of thioether (sulfide) groups is 1. The highest BCUT2D eigenvalue weighted by Crippen LogP contribution is 2.41.